The zero-order chi connectivity index (χ0) is 11.8. The van der Waals surface area contributed by atoms with Crippen molar-refractivity contribution < 1.29 is 4.79 Å². The maximum Gasteiger partial charge on any atom is 0.240 e. The molecule has 1 saturated carbocycles. The van der Waals surface area contributed by atoms with Gasteiger partial charge >= 0.3 is 0 Å². The molecule has 2 atom stereocenters. The SMILES string of the molecule is CCCC1(CN2C(=O)C(C)NC2CC)CC1. The standard InChI is InChI=1S/C13H24N2O/c1-4-6-13(7-8-13)9-15-11(5-2)14-10(3)12(15)16/h10-11,14H,4-9H2,1-3H3. The molecular formula is C13H24N2O. The fourth-order valence-corrected chi connectivity index (χ4v) is 2.93. The summed E-state index contributed by atoms with van der Waals surface area (Å²) in [5.41, 5.74) is 0.476. The highest BCUT2D eigenvalue weighted by atomic mass is 16.2. The minimum Gasteiger partial charge on any atom is -0.325 e. The first-order valence-corrected chi connectivity index (χ1v) is 6.68. The van der Waals surface area contributed by atoms with Crippen LogP contribution in [-0.2, 0) is 4.79 Å². The van der Waals surface area contributed by atoms with E-state index in [2.05, 4.69) is 24.1 Å². The van der Waals surface area contributed by atoms with Crippen LogP contribution in [0.25, 0.3) is 0 Å². The predicted molar refractivity (Wildman–Crippen MR) is 65.0 cm³/mol. The molecule has 0 spiro atoms. The molecular weight excluding hydrogens is 200 g/mol. The molecule has 1 saturated heterocycles. The van der Waals surface area contributed by atoms with Crippen molar-refractivity contribution in [1.29, 1.82) is 0 Å². The van der Waals surface area contributed by atoms with Gasteiger partial charge in [0.15, 0.2) is 0 Å². The van der Waals surface area contributed by atoms with Gasteiger partial charge in [-0.1, -0.05) is 20.3 Å². The highest BCUT2D eigenvalue weighted by molar-refractivity contribution is 5.84. The molecule has 0 aromatic carbocycles. The molecule has 0 radical (unpaired) electrons. The van der Waals surface area contributed by atoms with Crippen molar-refractivity contribution >= 4 is 5.91 Å². The molecule has 2 unspecified atom stereocenters. The molecule has 3 heteroatoms. The molecule has 1 heterocycles. The van der Waals surface area contributed by atoms with Gasteiger partial charge in [0.1, 0.15) is 0 Å². The van der Waals surface area contributed by atoms with Crippen LogP contribution < -0.4 is 5.32 Å². The first-order valence-electron chi connectivity index (χ1n) is 6.68. The van der Waals surface area contributed by atoms with Gasteiger partial charge in [-0.15, -0.1) is 0 Å². The number of rotatable bonds is 5. The monoisotopic (exact) mass is 224 g/mol. The zero-order valence-electron chi connectivity index (χ0n) is 10.8. The third-order valence-corrected chi connectivity index (χ3v) is 4.10. The second-order valence-corrected chi connectivity index (χ2v) is 5.53. The average Bonchev–Trinajstić information content (AvgIpc) is 2.96. The molecule has 1 aliphatic heterocycles. The van der Waals surface area contributed by atoms with Gasteiger partial charge in [0.2, 0.25) is 5.91 Å². The van der Waals surface area contributed by atoms with Crippen molar-refractivity contribution in [1.82, 2.24) is 10.2 Å². The molecule has 2 fully saturated rings. The van der Waals surface area contributed by atoms with E-state index in [1.165, 1.54) is 25.7 Å². The third kappa shape index (κ3) is 2.10. The summed E-state index contributed by atoms with van der Waals surface area (Å²) in [6, 6.07) is 0.0161. The van der Waals surface area contributed by atoms with Crippen LogP contribution in [0.3, 0.4) is 0 Å². The maximum atomic E-state index is 12.0. The highest BCUT2D eigenvalue weighted by Crippen LogP contribution is 2.50. The fraction of sp³-hybridized carbons (Fsp3) is 0.923. The Morgan fingerprint density at radius 3 is 2.62 bits per heavy atom. The van der Waals surface area contributed by atoms with Crippen LogP contribution in [0.2, 0.25) is 0 Å². The van der Waals surface area contributed by atoms with Crippen LogP contribution in [0.4, 0.5) is 0 Å². The van der Waals surface area contributed by atoms with E-state index >= 15 is 0 Å². The summed E-state index contributed by atoms with van der Waals surface area (Å²) in [5.74, 6) is 0.300. The average molecular weight is 224 g/mol. The summed E-state index contributed by atoms with van der Waals surface area (Å²) in [4.78, 5) is 14.1. The van der Waals surface area contributed by atoms with Crippen LogP contribution in [0, 0.1) is 5.41 Å². The summed E-state index contributed by atoms with van der Waals surface area (Å²) >= 11 is 0. The van der Waals surface area contributed by atoms with Crippen molar-refractivity contribution in [3.63, 3.8) is 0 Å². The van der Waals surface area contributed by atoms with Gasteiger partial charge in [-0.05, 0) is 38.0 Å². The molecule has 0 aromatic heterocycles. The van der Waals surface area contributed by atoms with E-state index in [-0.39, 0.29) is 12.2 Å². The molecule has 2 rings (SSSR count). The Kier molecular flexibility index (Phi) is 3.24. The van der Waals surface area contributed by atoms with Gasteiger partial charge in [-0.3, -0.25) is 10.1 Å². The lowest BCUT2D eigenvalue weighted by Crippen LogP contribution is -2.40. The molecule has 0 aromatic rings. The Morgan fingerprint density at radius 2 is 2.12 bits per heavy atom. The largest absolute Gasteiger partial charge is 0.325 e. The Balaban J connectivity index is 2.00. The normalized spacial score (nSPS) is 32.2. The van der Waals surface area contributed by atoms with Gasteiger partial charge in [-0.25, -0.2) is 0 Å². The smallest absolute Gasteiger partial charge is 0.240 e. The predicted octanol–water partition coefficient (Wildman–Crippen LogP) is 2.12. The third-order valence-electron chi connectivity index (χ3n) is 4.10. The fourth-order valence-electron chi connectivity index (χ4n) is 2.93. The molecule has 2 aliphatic rings. The number of nitrogens with zero attached hydrogens (tertiary/aromatic N) is 1. The Hall–Kier alpha value is -0.570. The maximum absolute atomic E-state index is 12.0. The Bertz CT molecular complexity index is 273. The van der Waals surface area contributed by atoms with Gasteiger partial charge in [0, 0.05) is 6.54 Å². The molecule has 1 aliphatic carbocycles. The molecule has 16 heavy (non-hydrogen) atoms. The number of carbonyl (C=O) groups is 1. The van der Waals surface area contributed by atoms with E-state index in [4.69, 9.17) is 0 Å². The number of hydrogen-bond donors (Lipinski definition) is 1. The number of hydrogen-bond acceptors (Lipinski definition) is 2. The summed E-state index contributed by atoms with van der Waals surface area (Å²) in [6.45, 7) is 7.35. The van der Waals surface area contributed by atoms with E-state index in [9.17, 15) is 4.79 Å². The lowest BCUT2D eigenvalue weighted by Gasteiger charge is -2.28. The van der Waals surface area contributed by atoms with E-state index < -0.39 is 0 Å². The minimum absolute atomic E-state index is 0.0161. The van der Waals surface area contributed by atoms with Crippen LogP contribution in [0.1, 0.15) is 52.9 Å². The second kappa shape index (κ2) is 4.36. The van der Waals surface area contributed by atoms with Crippen LogP contribution in [0.15, 0.2) is 0 Å². The second-order valence-electron chi connectivity index (χ2n) is 5.53. The Morgan fingerprint density at radius 1 is 1.44 bits per heavy atom. The first kappa shape index (κ1) is 11.9. The number of nitrogens with one attached hydrogen (secondary N) is 1. The molecule has 0 bridgehead atoms. The van der Waals surface area contributed by atoms with Crippen molar-refractivity contribution in [2.45, 2.75) is 65.1 Å². The van der Waals surface area contributed by atoms with Crippen LogP contribution >= 0.6 is 0 Å². The lowest BCUT2D eigenvalue weighted by atomic mass is 9.99. The van der Waals surface area contributed by atoms with Crippen LogP contribution in [-0.4, -0.2) is 29.6 Å². The summed E-state index contributed by atoms with van der Waals surface area (Å²) in [5, 5.41) is 3.37. The summed E-state index contributed by atoms with van der Waals surface area (Å²) in [6.07, 6.45) is 6.43. The summed E-state index contributed by atoms with van der Waals surface area (Å²) < 4.78 is 0. The molecule has 92 valence electrons. The van der Waals surface area contributed by atoms with Crippen molar-refractivity contribution in [2.24, 2.45) is 5.41 Å². The first-order chi connectivity index (χ1) is 7.62. The number of amides is 1. The van der Waals surface area contributed by atoms with Crippen LogP contribution in [0.5, 0.6) is 0 Å². The van der Waals surface area contributed by atoms with Crippen molar-refractivity contribution in [3.8, 4) is 0 Å². The quantitative estimate of drug-likeness (QED) is 0.776. The summed E-state index contributed by atoms with van der Waals surface area (Å²) in [7, 11) is 0. The van der Waals surface area contributed by atoms with Crippen molar-refractivity contribution in [3.05, 3.63) is 0 Å². The van der Waals surface area contributed by atoms with E-state index in [0.29, 0.717) is 11.3 Å². The minimum atomic E-state index is 0.0161. The molecule has 1 amide bonds. The zero-order valence-corrected chi connectivity index (χ0v) is 10.8. The Labute approximate surface area is 98.6 Å². The van der Waals surface area contributed by atoms with Crippen molar-refractivity contribution in [2.75, 3.05) is 6.54 Å². The lowest BCUT2D eigenvalue weighted by molar-refractivity contribution is -0.130. The van der Waals surface area contributed by atoms with Gasteiger partial charge in [0.25, 0.3) is 0 Å². The van der Waals surface area contributed by atoms with E-state index in [1.54, 1.807) is 0 Å². The van der Waals surface area contributed by atoms with Gasteiger partial charge in [-0.2, -0.15) is 0 Å². The van der Waals surface area contributed by atoms with E-state index in [1.807, 2.05) is 6.92 Å². The van der Waals surface area contributed by atoms with Gasteiger partial charge in [0.05, 0.1) is 12.2 Å². The topological polar surface area (TPSA) is 32.3 Å². The molecule has 1 N–H and O–H groups in total. The molecule has 3 nitrogen and oxygen atoms in total. The highest BCUT2D eigenvalue weighted by Gasteiger charge is 2.47. The van der Waals surface area contributed by atoms with Gasteiger partial charge < -0.3 is 4.90 Å². The van der Waals surface area contributed by atoms with E-state index in [0.717, 1.165) is 13.0 Å². The number of carbonyl (C=O) groups excluding carboxylic acids is 1.